The predicted octanol–water partition coefficient (Wildman–Crippen LogP) is 3.99. The summed E-state index contributed by atoms with van der Waals surface area (Å²) in [4.78, 5) is 0. The molecule has 0 bridgehead atoms. The van der Waals surface area contributed by atoms with Crippen molar-refractivity contribution in [3.8, 4) is 17.2 Å². The highest BCUT2D eigenvalue weighted by Crippen LogP contribution is 2.30. The zero-order chi connectivity index (χ0) is 13.7. The second-order valence-corrected chi connectivity index (χ2v) is 4.11. The van der Waals surface area contributed by atoms with Crippen LogP contribution in [0.25, 0.3) is 0 Å². The Hall–Kier alpha value is -2.23. The Kier molecular flexibility index (Phi) is 4.23. The van der Waals surface area contributed by atoms with Gasteiger partial charge in [-0.25, -0.2) is 4.39 Å². The second-order valence-electron chi connectivity index (χ2n) is 4.11. The summed E-state index contributed by atoms with van der Waals surface area (Å²) in [6, 6.07) is 11.1. The van der Waals surface area contributed by atoms with Gasteiger partial charge < -0.3 is 15.2 Å². The number of halogens is 1. The number of hydrogen-bond donors (Lipinski definition) is 1. The van der Waals surface area contributed by atoms with Crippen LogP contribution in [0.15, 0.2) is 42.5 Å². The van der Waals surface area contributed by atoms with Crippen molar-refractivity contribution in [1.82, 2.24) is 0 Å². The molecule has 0 spiro atoms. The smallest absolute Gasteiger partial charge is 0.145 e. The minimum absolute atomic E-state index is 0.338. The normalized spacial score (nSPS) is 10.2. The Bertz CT molecular complexity index is 558. The molecule has 2 aromatic rings. The van der Waals surface area contributed by atoms with Crippen molar-refractivity contribution in [3.63, 3.8) is 0 Å². The lowest BCUT2D eigenvalue weighted by Gasteiger charge is -2.11. The van der Waals surface area contributed by atoms with Crippen LogP contribution in [-0.4, -0.2) is 6.61 Å². The van der Waals surface area contributed by atoms with Gasteiger partial charge in [0.25, 0.3) is 0 Å². The van der Waals surface area contributed by atoms with Gasteiger partial charge in [-0.2, -0.15) is 0 Å². The molecule has 4 heteroatoms. The van der Waals surface area contributed by atoms with Crippen LogP contribution in [0.4, 0.5) is 10.1 Å². The van der Waals surface area contributed by atoms with E-state index in [2.05, 4.69) is 0 Å². The number of benzene rings is 2. The molecule has 0 aliphatic carbocycles. The molecule has 0 heterocycles. The molecule has 0 radical (unpaired) electrons. The zero-order valence-electron chi connectivity index (χ0n) is 10.7. The molecular formula is C15H16FNO2. The second kappa shape index (κ2) is 6.09. The molecule has 0 amide bonds. The zero-order valence-corrected chi connectivity index (χ0v) is 10.7. The van der Waals surface area contributed by atoms with Crippen LogP contribution < -0.4 is 15.2 Å². The molecule has 100 valence electrons. The summed E-state index contributed by atoms with van der Waals surface area (Å²) in [7, 11) is 0. The largest absolute Gasteiger partial charge is 0.491 e. The van der Waals surface area contributed by atoms with Crippen LogP contribution in [-0.2, 0) is 0 Å². The third-order valence-corrected chi connectivity index (χ3v) is 2.48. The third-order valence-electron chi connectivity index (χ3n) is 2.48. The van der Waals surface area contributed by atoms with E-state index < -0.39 is 0 Å². The molecule has 0 saturated heterocycles. The fraction of sp³-hybridized carbons (Fsp3) is 0.200. The summed E-state index contributed by atoms with van der Waals surface area (Å²) < 4.78 is 24.1. The summed E-state index contributed by atoms with van der Waals surface area (Å²) in [5.41, 5.74) is 6.36. The van der Waals surface area contributed by atoms with Crippen molar-refractivity contribution in [2.24, 2.45) is 0 Å². The average Bonchev–Trinajstić information content (AvgIpc) is 2.39. The van der Waals surface area contributed by atoms with Gasteiger partial charge in [0.1, 0.15) is 23.1 Å². The van der Waals surface area contributed by atoms with Gasteiger partial charge in [-0.05, 0) is 30.7 Å². The molecule has 0 aromatic heterocycles. The quantitative estimate of drug-likeness (QED) is 0.828. The highest BCUT2D eigenvalue weighted by atomic mass is 19.1. The van der Waals surface area contributed by atoms with Crippen LogP contribution in [0.5, 0.6) is 17.2 Å². The maximum Gasteiger partial charge on any atom is 0.145 e. The van der Waals surface area contributed by atoms with Gasteiger partial charge in [-0.1, -0.05) is 13.0 Å². The van der Waals surface area contributed by atoms with E-state index in [0.29, 0.717) is 29.5 Å². The molecule has 2 aromatic carbocycles. The molecule has 0 saturated carbocycles. The molecule has 2 N–H and O–H groups in total. The monoisotopic (exact) mass is 261 g/mol. The van der Waals surface area contributed by atoms with E-state index in [1.54, 1.807) is 30.3 Å². The van der Waals surface area contributed by atoms with Crippen LogP contribution in [0, 0.1) is 5.82 Å². The number of nitrogens with two attached hydrogens (primary N) is 1. The number of rotatable bonds is 5. The lowest BCUT2D eigenvalue weighted by atomic mass is 10.2. The van der Waals surface area contributed by atoms with Gasteiger partial charge in [0.2, 0.25) is 0 Å². The number of nitrogen functional groups attached to an aromatic ring is 1. The Morgan fingerprint density at radius 3 is 2.63 bits per heavy atom. The van der Waals surface area contributed by atoms with Crippen molar-refractivity contribution in [2.75, 3.05) is 12.3 Å². The Morgan fingerprint density at radius 1 is 1.11 bits per heavy atom. The summed E-state index contributed by atoms with van der Waals surface area (Å²) in [5, 5.41) is 0. The Labute approximate surface area is 111 Å². The minimum atomic E-state index is -0.338. The fourth-order valence-corrected chi connectivity index (χ4v) is 1.58. The Morgan fingerprint density at radius 2 is 1.89 bits per heavy atom. The molecule has 0 fully saturated rings. The molecule has 0 aliphatic rings. The van der Waals surface area contributed by atoms with E-state index >= 15 is 0 Å². The van der Waals surface area contributed by atoms with E-state index in [-0.39, 0.29) is 5.82 Å². The third kappa shape index (κ3) is 3.61. The van der Waals surface area contributed by atoms with Gasteiger partial charge >= 0.3 is 0 Å². The van der Waals surface area contributed by atoms with E-state index in [1.165, 1.54) is 12.1 Å². The molecule has 3 nitrogen and oxygen atoms in total. The van der Waals surface area contributed by atoms with Crippen molar-refractivity contribution in [1.29, 1.82) is 0 Å². The number of hydrogen-bond acceptors (Lipinski definition) is 3. The van der Waals surface area contributed by atoms with Gasteiger partial charge in [-0.15, -0.1) is 0 Å². The van der Waals surface area contributed by atoms with Gasteiger partial charge in [-0.3, -0.25) is 0 Å². The summed E-state index contributed by atoms with van der Waals surface area (Å²) in [6.45, 7) is 2.61. The van der Waals surface area contributed by atoms with E-state index in [1.807, 2.05) is 6.92 Å². The van der Waals surface area contributed by atoms with E-state index in [4.69, 9.17) is 15.2 Å². The molecule has 0 unspecified atom stereocenters. The molecular weight excluding hydrogens is 245 g/mol. The average molecular weight is 261 g/mol. The Balaban J connectivity index is 2.16. The molecule has 19 heavy (non-hydrogen) atoms. The van der Waals surface area contributed by atoms with Gasteiger partial charge in [0.05, 0.1) is 12.3 Å². The number of anilines is 1. The van der Waals surface area contributed by atoms with Crippen LogP contribution in [0.1, 0.15) is 13.3 Å². The van der Waals surface area contributed by atoms with E-state index in [9.17, 15) is 4.39 Å². The highest BCUT2D eigenvalue weighted by molar-refractivity contribution is 5.56. The maximum absolute atomic E-state index is 13.1. The molecule has 2 rings (SSSR count). The fourth-order valence-electron chi connectivity index (χ4n) is 1.58. The van der Waals surface area contributed by atoms with Crippen LogP contribution >= 0.6 is 0 Å². The van der Waals surface area contributed by atoms with E-state index in [0.717, 1.165) is 6.42 Å². The van der Waals surface area contributed by atoms with Crippen LogP contribution in [0.3, 0.4) is 0 Å². The van der Waals surface area contributed by atoms with Gasteiger partial charge in [0.15, 0.2) is 0 Å². The minimum Gasteiger partial charge on any atom is -0.491 e. The van der Waals surface area contributed by atoms with Crippen molar-refractivity contribution in [3.05, 3.63) is 48.3 Å². The standard InChI is InChI=1S/C15H16FNO2/c1-2-8-18-15-10-13(6-7-14(15)17)19-12-5-3-4-11(16)9-12/h3-7,9-10H,2,8,17H2,1H3. The maximum atomic E-state index is 13.1. The summed E-state index contributed by atoms with van der Waals surface area (Å²) in [5.74, 6) is 1.24. The van der Waals surface area contributed by atoms with Crippen molar-refractivity contribution < 1.29 is 13.9 Å². The predicted molar refractivity (Wildman–Crippen MR) is 73.1 cm³/mol. The first kappa shape index (κ1) is 13.2. The molecule has 0 aliphatic heterocycles. The van der Waals surface area contributed by atoms with Crippen molar-refractivity contribution >= 4 is 5.69 Å². The lowest BCUT2D eigenvalue weighted by molar-refractivity contribution is 0.317. The van der Waals surface area contributed by atoms with Crippen LogP contribution in [0.2, 0.25) is 0 Å². The first-order valence-electron chi connectivity index (χ1n) is 6.15. The van der Waals surface area contributed by atoms with Gasteiger partial charge in [0, 0.05) is 12.1 Å². The first-order valence-corrected chi connectivity index (χ1v) is 6.15. The molecule has 0 atom stereocenters. The lowest BCUT2D eigenvalue weighted by Crippen LogP contribution is -1.99. The topological polar surface area (TPSA) is 44.5 Å². The van der Waals surface area contributed by atoms with Crippen molar-refractivity contribution in [2.45, 2.75) is 13.3 Å². The summed E-state index contributed by atoms with van der Waals surface area (Å²) >= 11 is 0. The first-order chi connectivity index (χ1) is 9.19. The summed E-state index contributed by atoms with van der Waals surface area (Å²) in [6.07, 6.45) is 0.897. The highest BCUT2D eigenvalue weighted by Gasteiger charge is 2.04. The number of ether oxygens (including phenoxy) is 2. The SMILES string of the molecule is CCCOc1cc(Oc2cccc(F)c2)ccc1N.